The van der Waals surface area contributed by atoms with Crippen molar-refractivity contribution in [1.82, 2.24) is 10.2 Å². The molecule has 25 heavy (non-hydrogen) atoms. The molecule has 0 aliphatic carbocycles. The van der Waals surface area contributed by atoms with Crippen molar-refractivity contribution in [3.8, 4) is 0 Å². The van der Waals surface area contributed by atoms with Gasteiger partial charge in [0.1, 0.15) is 0 Å². The van der Waals surface area contributed by atoms with Gasteiger partial charge in [-0.1, -0.05) is 11.6 Å². The van der Waals surface area contributed by atoms with E-state index in [0.29, 0.717) is 19.0 Å². The number of likely N-dealkylation sites (tertiary alicyclic amines) is 1. The second-order valence-electron chi connectivity index (χ2n) is 7.13. The maximum absolute atomic E-state index is 12.4. The SMILES string of the molecule is CC(=O)N1CCC[C@H](C(=O)NC[C@H]2CCN(c3ccc(Cl)cc3)C2)C1. The molecule has 2 fully saturated rings. The average molecular weight is 364 g/mol. The fourth-order valence-electron chi connectivity index (χ4n) is 3.75. The molecule has 2 heterocycles. The second kappa shape index (κ2) is 8.09. The number of carbonyl (C=O) groups is 2. The molecule has 0 spiro atoms. The molecule has 0 bridgehead atoms. The standard InChI is InChI=1S/C19H26ClN3O2/c1-14(24)22-9-2-3-16(13-22)19(25)21-11-15-8-10-23(12-15)18-6-4-17(20)5-7-18/h4-7,15-16H,2-3,8-13H2,1H3,(H,21,25)/t15-,16+/m1/s1. The molecule has 2 atom stereocenters. The highest BCUT2D eigenvalue weighted by molar-refractivity contribution is 6.30. The van der Waals surface area contributed by atoms with E-state index in [0.717, 1.165) is 43.9 Å². The van der Waals surface area contributed by atoms with Crippen molar-refractivity contribution in [2.75, 3.05) is 37.6 Å². The fourth-order valence-corrected chi connectivity index (χ4v) is 3.88. The third kappa shape index (κ3) is 4.66. The molecule has 0 aromatic heterocycles. The van der Waals surface area contributed by atoms with Gasteiger partial charge in [0.25, 0.3) is 0 Å². The Morgan fingerprint density at radius 2 is 1.92 bits per heavy atom. The Morgan fingerprint density at radius 1 is 1.16 bits per heavy atom. The van der Waals surface area contributed by atoms with Crippen molar-refractivity contribution < 1.29 is 9.59 Å². The zero-order valence-electron chi connectivity index (χ0n) is 14.7. The van der Waals surface area contributed by atoms with E-state index in [1.807, 2.05) is 24.3 Å². The molecule has 1 N–H and O–H groups in total. The number of anilines is 1. The molecule has 0 saturated carbocycles. The summed E-state index contributed by atoms with van der Waals surface area (Å²) in [4.78, 5) is 28.1. The van der Waals surface area contributed by atoms with Crippen molar-refractivity contribution in [2.24, 2.45) is 11.8 Å². The van der Waals surface area contributed by atoms with Gasteiger partial charge in [-0.2, -0.15) is 0 Å². The molecule has 6 heteroatoms. The van der Waals surface area contributed by atoms with E-state index in [9.17, 15) is 9.59 Å². The molecule has 2 amide bonds. The van der Waals surface area contributed by atoms with E-state index >= 15 is 0 Å². The zero-order valence-corrected chi connectivity index (χ0v) is 15.5. The number of hydrogen-bond donors (Lipinski definition) is 1. The maximum atomic E-state index is 12.4. The van der Waals surface area contributed by atoms with Crippen molar-refractivity contribution in [3.63, 3.8) is 0 Å². The minimum atomic E-state index is -0.0635. The lowest BCUT2D eigenvalue weighted by Crippen LogP contribution is -2.45. The van der Waals surface area contributed by atoms with Gasteiger partial charge in [0.2, 0.25) is 11.8 Å². The van der Waals surface area contributed by atoms with E-state index in [-0.39, 0.29) is 17.7 Å². The fraction of sp³-hybridized carbons (Fsp3) is 0.579. The minimum absolute atomic E-state index is 0.0619. The highest BCUT2D eigenvalue weighted by atomic mass is 35.5. The van der Waals surface area contributed by atoms with Crippen molar-refractivity contribution in [3.05, 3.63) is 29.3 Å². The van der Waals surface area contributed by atoms with Crippen LogP contribution in [0.4, 0.5) is 5.69 Å². The lowest BCUT2D eigenvalue weighted by Gasteiger charge is -2.31. The Balaban J connectivity index is 1.45. The summed E-state index contributed by atoms with van der Waals surface area (Å²) in [6, 6.07) is 7.91. The predicted octanol–water partition coefficient (Wildman–Crippen LogP) is 2.54. The quantitative estimate of drug-likeness (QED) is 0.894. The highest BCUT2D eigenvalue weighted by Crippen LogP contribution is 2.25. The van der Waals surface area contributed by atoms with E-state index in [4.69, 9.17) is 11.6 Å². The van der Waals surface area contributed by atoms with E-state index in [1.54, 1.807) is 11.8 Å². The number of nitrogens with zero attached hydrogens (tertiary/aromatic N) is 2. The van der Waals surface area contributed by atoms with Crippen LogP contribution in [0.3, 0.4) is 0 Å². The van der Waals surface area contributed by atoms with Gasteiger partial charge in [-0.3, -0.25) is 9.59 Å². The highest BCUT2D eigenvalue weighted by Gasteiger charge is 2.28. The van der Waals surface area contributed by atoms with Crippen LogP contribution < -0.4 is 10.2 Å². The van der Waals surface area contributed by atoms with Crippen LogP contribution in [0, 0.1) is 11.8 Å². The monoisotopic (exact) mass is 363 g/mol. The van der Waals surface area contributed by atoms with Crippen molar-refractivity contribution in [1.29, 1.82) is 0 Å². The summed E-state index contributed by atoms with van der Waals surface area (Å²) in [5, 5.41) is 3.86. The zero-order chi connectivity index (χ0) is 17.8. The number of carbonyl (C=O) groups excluding carboxylic acids is 2. The molecular formula is C19H26ClN3O2. The first-order valence-electron chi connectivity index (χ1n) is 9.06. The van der Waals surface area contributed by atoms with Gasteiger partial charge in [-0.25, -0.2) is 0 Å². The number of halogens is 1. The van der Waals surface area contributed by atoms with Gasteiger partial charge in [0.05, 0.1) is 5.92 Å². The van der Waals surface area contributed by atoms with Crippen LogP contribution in [0.15, 0.2) is 24.3 Å². The minimum Gasteiger partial charge on any atom is -0.371 e. The van der Waals surface area contributed by atoms with Crippen LogP contribution in [-0.2, 0) is 9.59 Å². The van der Waals surface area contributed by atoms with Crippen LogP contribution in [0.25, 0.3) is 0 Å². The Kier molecular flexibility index (Phi) is 5.84. The normalized spacial score (nSPS) is 23.6. The first-order chi connectivity index (χ1) is 12.0. The Hall–Kier alpha value is -1.75. The molecule has 5 nitrogen and oxygen atoms in total. The summed E-state index contributed by atoms with van der Waals surface area (Å²) >= 11 is 5.94. The summed E-state index contributed by atoms with van der Waals surface area (Å²) in [7, 11) is 0. The number of benzene rings is 1. The number of rotatable bonds is 4. The lowest BCUT2D eigenvalue weighted by atomic mass is 9.96. The number of amides is 2. The largest absolute Gasteiger partial charge is 0.371 e. The number of hydrogen-bond acceptors (Lipinski definition) is 3. The van der Waals surface area contributed by atoms with Gasteiger partial charge < -0.3 is 15.1 Å². The molecule has 2 aliphatic heterocycles. The summed E-state index contributed by atoms with van der Waals surface area (Å²) in [6.07, 6.45) is 2.86. The van der Waals surface area contributed by atoms with Crippen molar-refractivity contribution in [2.45, 2.75) is 26.2 Å². The van der Waals surface area contributed by atoms with Gasteiger partial charge in [0.15, 0.2) is 0 Å². The molecule has 0 radical (unpaired) electrons. The first-order valence-corrected chi connectivity index (χ1v) is 9.44. The smallest absolute Gasteiger partial charge is 0.224 e. The maximum Gasteiger partial charge on any atom is 0.224 e. The van der Waals surface area contributed by atoms with Crippen LogP contribution in [0.2, 0.25) is 5.02 Å². The van der Waals surface area contributed by atoms with Crippen LogP contribution in [0.1, 0.15) is 26.2 Å². The molecule has 2 aliphatic rings. The Labute approximate surface area is 154 Å². The molecule has 1 aromatic carbocycles. The van der Waals surface area contributed by atoms with E-state index in [2.05, 4.69) is 10.2 Å². The Bertz CT molecular complexity index is 620. The van der Waals surface area contributed by atoms with Gasteiger partial charge >= 0.3 is 0 Å². The molecule has 3 rings (SSSR count). The van der Waals surface area contributed by atoms with Gasteiger partial charge in [0, 0.05) is 50.4 Å². The van der Waals surface area contributed by atoms with Crippen LogP contribution >= 0.6 is 11.6 Å². The lowest BCUT2D eigenvalue weighted by molar-refractivity contribution is -0.134. The third-order valence-corrected chi connectivity index (χ3v) is 5.53. The average Bonchev–Trinajstić information content (AvgIpc) is 3.09. The summed E-state index contributed by atoms with van der Waals surface area (Å²) < 4.78 is 0. The molecule has 136 valence electrons. The number of nitrogens with one attached hydrogen (secondary N) is 1. The van der Waals surface area contributed by atoms with Crippen molar-refractivity contribution >= 4 is 29.1 Å². The predicted molar refractivity (Wildman–Crippen MR) is 99.8 cm³/mol. The summed E-state index contributed by atoms with van der Waals surface area (Å²) in [5.41, 5.74) is 1.18. The van der Waals surface area contributed by atoms with E-state index in [1.165, 1.54) is 5.69 Å². The molecular weight excluding hydrogens is 338 g/mol. The van der Waals surface area contributed by atoms with Crippen LogP contribution in [0.5, 0.6) is 0 Å². The second-order valence-corrected chi connectivity index (χ2v) is 7.56. The van der Waals surface area contributed by atoms with Gasteiger partial charge in [-0.05, 0) is 49.4 Å². The van der Waals surface area contributed by atoms with Gasteiger partial charge in [-0.15, -0.1) is 0 Å². The number of piperidine rings is 1. The summed E-state index contributed by atoms with van der Waals surface area (Å²) in [6.45, 7) is 5.57. The first kappa shape index (κ1) is 18.1. The molecule has 2 saturated heterocycles. The third-order valence-electron chi connectivity index (χ3n) is 5.28. The van der Waals surface area contributed by atoms with E-state index < -0.39 is 0 Å². The molecule has 0 unspecified atom stereocenters. The topological polar surface area (TPSA) is 52.7 Å². The summed E-state index contributed by atoms with van der Waals surface area (Å²) in [5.74, 6) is 0.557. The van der Waals surface area contributed by atoms with Crippen LogP contribution in [-0.4, -0.2) is 49.4 Å². The Morgan fingerprint density at radius 3 is 2.64 bits per heavy atom. The molecule has 1 aromatic rings.